The highest BCUT2D eigenvalue weighted by atomic mass is 16.5. The Balaban J connectivity index is 1.46. The molecule has 1 N–H and O–H groups in total. The van der Waals surface area contributed by atoms with Gasteiger partial charge in [-0.25, -0.2) is 4.79 Å². The third kappa shape index (κ3) is 3.08. The number of rotatable bonds is 4. The summed E-state index contributed by atoms with van der Waals surface area (Å²) in [5.41, 5.74) is 3.18. The lowest BCUT2D eigenvalue weighted by Crippen LogP contribution is -2.30. The SMILES string of the molecule is COC(=O)c1ccc([C@@H]2CC(c3cnn(C4CC4)c3)CCN2)cc1. The van der Waals surface area contributed by atoms with Gasteiger partial charge in [0.05, 0.1) is 24.9 Å². The smallest absolute Gasteiger partial charge is 0.337 e. The van der Waals surface area contributed by atoms with E-state index in [0.29, 0.717) is 23.6 Å². The third-order valence-corrected chi connectivity index (χ3v) is 5.15. The largest absolute Gasteiger partial charge is 0.465 e. The van der Waals surface area contributed by atoms with Crippen LogP contribution in [-0.4, -0.2) is 29.4 Å². The van der Waals surface area contributed by atoms with Crippen LogP contribution in [0.5, 0.6) is 0 Å². The summed E-state index contributed by atoms with van der Waals surface area (Å²) in [6.45, 7) is 1.00. The number of ether oxygens (including phenoxy) is 1. The Morgan fingerprint density at radius 1 is 1.21 bits per heavy atom. The van der Waals surface area contributed by atoms with E-state index in [-0.39, 0.29) is 5.97 Å². The van der Waals surface area contributed by atoms with Gasteiger partial charge in [0, 0.05) is 12.2 Å². The fourth-order valence-electron chi connectivity index (χ4n) is 3.55. The number of carbonyl (C=O) groups is 1. The molecule has 1 saturated heterocycles. The highest BCUT2D eigenvalue weighted by Gasteiger charge is 2.28. The lowest BCUT2D eigenvalue weighted by atomic mass is 9.85. The summed E-state index contributed by atoms with van der Waals surface area (Å²) in [5.74, 6) is 0.257. The predicted octanol–water partition coefficient (Wildman–Crippen LogP) is 3.21. The number of carbonyl (C=O) groups excluding carboxylic acids is 1. The molecule has 126 valence electrons. The molecule has 1 aliphatic heterocycles. The van der Waals surface area contributed by atoms with Crippen LogP contribution in [0.1, 0.15) is 65.2 Å². The van der Waals surface area contributed by atoms with Gasteiger partial charge in [-0.3, -0.25) is 4.68 Å². The molecule has 2 fully saturated rings. The highest BCUT2D eigenvalue weighted by molar-refractivity contribution is 5.89. The lowest BCUT2D eigenvalue weighted by Gasteiger charge is -2.30. The van der Waals surface area contributed by atoms with Crippen molar-refractivity contribution in [1.29, 1.82) is 0 Å². The first kappa shape index (κ1) is 15.4. The first-order valence-corrected chi connectivity index (χ1v) is 8.70. The molecule has 2 heterocycles. The van der Waals surface area contributed by atoms with Gasteiger partial charge in [0.25, 0.3) is 0 Å². The summed E-state index contributed by atoms with van der Waals surface area (Å²) in [5, 5.41) is 8.13. The van der Waals surface area contributed by atoms with Crippen molar-refractivity contribution in [3.8, 4) is 0 Å². The van der Waals surface area contributed by atoms with E-state index >= 15 is 0 Å². The van der Waals surface area contributed by atoms with E-state index in [1.807, 2.05) is 30.5 Å². The molecule has 2 atom stereocenters. The van der Waals surface area contributed by atoms with Gasteiger partial charge in [-0.1, -0.05) is 12.1 Å². The van der Waals surface area contributed by atoms with Crippen molar-refractivity contribution in [3.05, 3.63) is 53.3 Å². The molecule has 1 unspecified atom stereocenters. The molecule has 0 radical (unpaired) electrons. The molecular weight excluding hydrogens is 302 g/mol. The van der Waals surface area contributed by atoms with Crippen molar-refractivity contribution in [3.63, 3.8) is 0 Å². The molecule has 0 spiro atoms. The molecule has 1 saturated carbocycles. The van der Waals surface area contributed by atoms with Crippen LogP contribution in [0.2, 0.25) is 0 Å². The minimum Gasteiger partial charge on any atom is -0.465 e. The molecule has 1 aromatic heterocycles. The predicted molar refractivity (Wildman–Crippen MR) is 91.0 cm³/mol. The molecule has 24 heavy (non-hydrogen) atoms. The first-order chi connectivity index (χ1) is 11.7. The summed E-state index contributed by atoms with van der Waals surface area (Å²) in [6.07, 6.45) is 9.03. The number of hydrogen-bond donors (Lipinski definition) is 1. The van der Waals surface area contributed by atoms with Gasteiger partial charge >= 0.3 is 5.97 Å². The molecule has 5 nitrogen and oxygen atoms in total. The van der Waals surface area contributed by atoms with Crippen LogP contribution in [-0.2, 0) is 4.74 Å². The van der Waals surface area contributed by atoms with E-state index in [1.54, 1.807) is 0 Å². The fraction of sp³-hybridized carbons (Fsp3) is 0.474. The van der Waals surface area contributed by atoms with E-state index in [2.05, 4.69) is 21.3 Å². The lowest BCUT2D eigenvalue weighted by molar-refractivity contribution is 0.0600. The molecule has 1 aromatic carbocycles. The van der Waals surface area contributed by atoms with Crippen molar-refractivity contribution in [2.45, 2.75) is 43.7 Å². The van der Waals surface area contributed by atoms with Crippen molar-refractivity contribution in [2.75, 3.05) is 13.7 Å². The average Bonchev–Trinajstić information content (AvgIpc) is 3.38. The second kappa shape index (κ2) is 6.40. The van der Waals surface area contributed by atoms with Gasteiger partial charge in [0.1, 0.15) is 0 Å². The Morgan fingerprint density at radius 3 is 2.71 bits per heavy atom. The quantitative estimate of drug-likeness (QED) is 0.877. The maximum Gasteiger partial charge on any atom is 0.337 e. The minimum atomic E-state index is -0.288. The Labute approximate surface area is 142 Å². The number of nitrogens with zero attached hydrogens (tertiary/aromatic N) is 2. The summed E-state index contributed by atoms with van der Waals surface area (Å²) in [7, 11) is 1.41. The highest BCUT2D eigenvalue weighted by Crippen LogP contribution is 2.37. The number of esters is 1. The standard InChI is InChI=1S/C19H23N3O2/c1-24-19(23)14-4-2-13(3-5-14)18-10-15(8-9-20-18)16-11-21-22(12-16)17-6-7-17/h2-5,11-12,15,17-18,20H,6-10H2,1H3/t15?,18-/m0/s1. The third-order valence-electron chi connectivity index (χ3n) is 5.15. The van der Waals surface area contributed by atoms with E-state index in [4.69, 9.17) is 4.74 Å². The zero-order chi connectivity index (χ0) is 16.5. The van der Waals surface area contributed by atoms with Gasteiger partial charge < -0.3 is 10.1 Å². The normalized spacial score (nSPS) is 23.9. The molecule has 2 aromatic rings. The Morgan fingerprint density at radius 2 is 2.00 bits per heavy atom. The van der Waals surface area contributed by atoms with Crippen LogP contribution in [0.25, 0.3) is 0 Å². The maximum absolute atomic E-state index is 11.6. The van der Waals surface area contributed by atoms with Gasteiger partial charge in [0.2, 0.25) is 0 Å². The number of aromatic nitrogens is 2. The fourth-order valence-corrected chi connectivity index (χ4v) is 3.55. The molecule has 5 heteroatoms. The summed E-state index contributed by atoms with van der Waals surface area (Å²) in [6, 6.07) is 8.71. The van der Waals surface area contributed by atoms with E-state index in [0.717, 1.165) is 19.4 Å². The average molecular weight is 325 g/mol. The van der Waals surface area contributed by atoms with Gasteiger partial charge in [-0.2, -0.15) is 5.10 Å². The molecule has 0 bridgehead atoms. The van der Waals surface area contributed by atoms with Crippen LogP contribution in [0, 0.1) is 0 Å². The van der Waals surface area contributed by atoms with Crippen molar-refractivity contribution >= 4 is 5.97 Å². The number of benzene rings is 1. The van der Waals surface area contributed by atoms with E-state index < -0.39 is 0 Å². The van der Waals surface area contributed by atoms with Crippen LogP contribution < -0.4 is 5.32 Å². The monoisotopic (exact) mass is 325 g/mol. The van der Waals surface area contributed by atoms with Crippen molar-refractivity contribution in [2.24, 2.45) is 0 Å². The zero-order valence-electron chi connectivity index (χ0n) is 13.9. The molecule has 4 rings (SSSR count). The second-order valence-corrected chi connectivity index (χ2v) is 6.83. The molecule has 2 aliphatic rings. The van der Waals surface area contributed by atoms with Gasteiger partial charge in [0.15, 0.2) is 0 Å². The summed E-state index contributed by atoms with van der Waals surface area (Å²) in [4.78, 5) is 11.6. The topological polar surface area (TPSA) is 56.1 Å². The van der Waals surface area contributed by atoms with Gasteiger partial charge in [-0.15, -0.1) is 0 Å². The number of hydrogen-bond acceptors (Lipinski definition) is 4. The van der Waals surface area contributed by atoms with Crippen LogP contribution in [0.4, 0.5) is 0 Å². The molecular formula is C19H23N3O2. The summed E-state index contributed by atoms with van der Waals surface area (Å²) >= 11 is 0. The number of piperidine rings is 1. The number of methoxy groups -OCH3 is 1. The number of nitrogens with one attached hydrogen (secondary N) is 1. The zero-order valence-corrected chi connectivity index (χ0v) is 13.9. The molecule has 1 aliphatic carbocycles. The Bertz CT molecular complexity index is 718. The first-order valence-electron chi connectivity index (χ1n) is 8.70. The van der Waals surface area contributed by atoms with Crippen LogP contribution >= 0.6 is 0 Å². The van der Waals surface area contributed by atoms with Crippen LogP contribution in [0.15, 0.2) is 36.7 Å². The minimum absolute atomic E-state index is 0.288. The van der Waals surface area contributed by atoms with E-state index in [9.17, 15) is 4.79 Å². The summed E-state index contributed by atoms with van der Waals surface area (Å²) < 4.78 is 6.90. The Hall–Kier alpha value is -2.14. The Kier molecular flexibility index (Phi) is 4.10. The van der Waals surface area contributed by atoms with Crippen molar-refractivity contribution in [1.82, 2.24) is 15.1 Å². The maximum atomic E-state index is 11.6. The van der Waals surface area contributed by atoms with Crippen molar-refractivity contribution < 1.29 is 9.53 Å². The van der Waals surface area contributed by atoms with Crippen LogP contribution in [0.3, 0.4) is 0 Å². The van der Waals surface area contributed by atoms with E-state index in [1.165, 1.54) is 31.1 Å². The second-order valence-electron chi connectivity index (χ2n) is 6.83. The molecule has 0 amide bonds. The van der Waals surface area contributed by atoms with Gasteiger partial charge in [-0.05, 0) is 61.4 Å².